The van der Waals surface area contributed by atoms with Crippen LogP contribution in [0.15, 0.2) is 65.5 Å². The summed E-state index contributed by atoms with van der Waals surface area (Å²) in [6.45, 7) is 5.52. The minimum absolute atomic E-state index is 0.101. The van der Waals surface area contributed by atoms with Crippen LogP contribution in [0.4, 0.5) is 0 Å². The number of carbonyl (C=O) groups is 1. The average molecular weight is 454 g/mol. The molecule has 2 aromatic carbocycles. The van der Waals surface area contributed by atoms with Crippen LogP contribution in [0.2, 0.25) is 0 Å². The first-order chi connectivity index (χ1) is 15.1. The molecular weight excluding hydrogens is 426 g/mol. The highest BCUT2D eigenvalue weighted by atomic mass is 32.2. The van der Waals surface area contributed by atoms with Crippen molar-refractivity contribution >= 4 is 15.9 Å². The minimum Gasteiger partial charge on any atom is -0.348 e. The molecule has 0 radical (unpaired) electrons. The maximum absolute atomic E-state index is 12.5. The normalized spacial score (nSPS) is 12.3. The summed E-state index contributed by atoms with van der Waals surface area (Å²) in [4.78, 5) is 27.3. The summed E-state index contributed by atoms with van der Waals surface area (Å²) in [6, 6.07) is 17.1. The lowest BCUT2D eigenvalue weighted by molar-refractivity contribution is 0.0950. The Morgan fingerprint density at radius 3 is 2.31 bits per heavy atom. The van der Waals surface area contributed by atoms with E-state index in [9.17, 15) is 18.0 Å². The number of H-pyrrole nitrogens is 1. The van der Waals surface area contributed by atoms with E-state index in [1.165, 1.54) is 0 Å². The quantitative estimate of drug-likeness (QED) is 0.487. The molecule has 1 unspecified atom stereocenters. The molecule has 0 aliphatic carbocycles. The Morgan fingerprint density at radius 1 is 1.03 bits per heavy atom. The van der Waals surface area contributed by atoms with Crippen LogP contribution in [0.5, 0.6) is 0 Å². The van der Waals surface area contributed by atoms with E-state index in [0.717, 1.165) is 16.8 Å². The smallest absolute Gasteiger partial charge is 0.253 e. The number of aryl methyl sites for hydroxylation is 2. The number of carbonyl (C=O) groups excluding carboxylic acids is 1. The molecule has 8 heteroatoms. The monoisotopic (exact) mass is 453 g/mol. The zero-order valence-electron chi connectivity index (χ0n) is 18.3. The molecule has 3 aromatic rings. The predicted molar refractivity (Wildman–Crippen MR) is 125 cm³/mol. The summed E-state index contributed by atoms with van der Waals surface area (Å²) in [6.07, 6.45) is 0. The number of sulfonamides is 1. The summed E-state index contributed by atoms with van der Waals surface area (Å²) in [5.74, 6) is -0.413. The Morgan fingerprint density at radius 2 is 1.69 bits per heavy atom. The summed E-state index contributed by atoms with van der Waals surface area (Å²) < 4.78 is 27.6. The van der Waals surface area contributed by atoms with Crippen molar-refractivity contribution in [3.05, 3.63) is 105 Å². The summed E-state index contributed by atoms with van der Waals surface area (Å²) in [7, 11) is -3.52. The van der Waals surface area contributed by atoms with E-state index in [1.807, 2.05) is 19.1 Å². The lowest BCUT2D eigenvalue weighted by atomic mass is 10.1. The van der Waals surface area contributed by atoms with Crippen molar-refractivity contribution < 1.29 is 13.2 Å². The molecule has 0 bridgehead atoms. The standard InChI is InChI=1S/C24H27N3O4S/c1-16-13-17(2)26-24(29)22(16)14-25-23(28)21-11-9-20(10-12-21)18(3)27-32(30,31)15-19-7-5-4-6-8-19/h4-13,18,27H,14-15H2,1-3H3,(H,25,28)(H,26,29). The van der Waals surface area contributed by atoms with E-state index in [2.05, 4.69) is 15.0 Å². The number of hydrogen-bond acceptors (Lipinski definition) is 4. The second kappa shape index (κ2) is 9.93. The van der Waals surface area contributed by atoms with Crippen molar-refractivity contribution in [1.29, 1.82) is 0 Å². The second-order valence-electron chi connectivity index (χ2n) is 7.83. The van der Waals surface area contributed by atoms with Crippen molar-refractivity contribution in [2.24, 2.45) is 0 Å². The van der Waals surface area contributed by atoms with E-state index in [4.69, 9.17) is 0 Å². The van der Waals surface area contributed by atoms with Crippen LogP contribution in [0, 0.1) is 13.8 Å². The van der Waals surface area contributed by atoms with E-state index >= 15 is 0 Å². The lowest BCUT2D eigenvalue weighted by Crippen LogP contribution is -2.29. The Kier molecular flexibility index (Phi) is 7.27. The van der Waals surface area contributed by atoms with E-state index in [0.29, 0.717) is 16.7 Å². The molecule has 1 atom stereocenters. The second-order valence-corrected chi connectivity index (χ2v) is 9.59. The molecule has 0 spiro atoms. The molecule has 7 nitrogen and oxygen atoms in total. The van der Waals surface area contributed by atoms with E-state index in [-0.39, 0.29) is 23.8 Å². The van der Waals surface area contributed by atoms with Gasteiger partial charge in [-0.3, -0.25) is 9.59 Å². The van der Waals surface area contributed by atoms with Crippen LogP contribution in [-0.2, 0) is 22.3 Å². The highest BCUT2D eigenvalue weighted by molar-refractivity contribution is 7.88. The van der Waals surface area contributed by atoms with E-state index in [1.54, 1.807) is 62.4 Å². The van der Waals surface area contributed by atoms with Gasteiger partial charge in [-0.2, -0.15) is 0 Å². The van der Waals surface area contributed by atoms with Gasteiger partial charge in [-0.1, -0.05) is 42.5 Å². The predicted octanol–water partition coefficient (Wildman–Crippen LogP) is 3.10. The van der Waals surface area contributed by atoms with Crippen molar-refractivity contribution in [3.8, 4) is 0 Å². The highest BCUT2D eigenvalue weighted by Crippen LogP contribution is 2.16. The fourth-order valence-corrected chi connectivity index (χ4v) is 4.86. The molecule has 0 saturated carbocycles. The fraction of sp³-hybridized carbons (Fsp3) is 0.250. The third-order valence-corrected chi connectivity index (χ3v) is 6.57. The molecule has 168 valence electrons. The number of aromatic nitrogens is 1. The molecular formula is C24H27N3O4S. The molecule has 1 amide bonds. The van der Waals surface area contributed by atoms with Crippen LogP contribution in [0.1, 0.15) is 51.3 Å². The molecule has 1 heterocycles. The zero-order valence-corrected chi connectivity index (χ0v) is 19.1. The third kappa shape index (κ3) is 6.15. The summed E-state index contributed by atoms with van der Waals surface area (Å²) in [5.41, 5.74) is 3.77. The van der Waals surface area contributed by atoms with Gasteiger partial charge in [0.25, 0.3) is 11.5 Å². The molecule has 0 aliphatic rings. The molecule has 1 aromatic heterocycles. The number of hydrogen-bond donors (Lipinski definition) is 3. The lowest BCUT2D eigenvalue weighted by Gasteiger charge is -2.15. The summed E-state index contributed by atoms with van der Waals surface area (Å²) in [5, 5.41) is 2.76. The van der Waals surface area contributed by atoms with E-state index < -0.39 is 16.1 Å². The Labute approximate surface area is 188 Å². The highest BCUT2D eigenvalue weighted by Gasteiger charge is 2.17. The van der Waals surface area contributed by atoms with Crippen LogP contribution in [-0.4, -0.2) is 19.3 Å². The van der Waals surface area contributed by atoms with Gasteiger partial charge in [0.1, 0.15) is 0 Å². The molecule has 3 rings (SSSR count). The van der Waals surface area contributed by atoms with Crippen molar-refractivity contribution in [3.63, 3.8) is 0 Å². The number of amides is 1. The van der Waals surface area contributed by atoms with Gasteiger partial charge in [-0.25, -0.2) is 13.1 Å². The first-order valence-corrected chi connectivity index (χ1v) is 11.9. The first kappa shape index (κ1) is 23.4. The SMILES string of the molecule is Cc1cc(C)c(CNC(=O)c2ccc(C(C)NS(=O)(=O)Cc3ccccc3)cc2)c(=O)[nH]1. The first-order valence-electron chi connectivity index (χ1n) is 10.3. The van der Waals surface area contributed by atoms with Gasteiger partial charge >= 0.3 is 0 Å². The number of aromatic amines is 1. The van der Waals surface area contributed by atoms with Crippen molar-refractivity contribution in [1.82, 2.24) is 15.0 Å². The van der Waals surface area contributed by atoms with Crippen molar-refractivity contribution in [2.45, 2.75) is 39.1 Å². The average Bonchev–Trinajstić information content (AvgIpc) is 2.73. The number of pyridine rings is 1. The molecule has 32 heavy (non-hydrogen) atoms. The Hall–Kier alpha value is -3.23. The van der Waals surface area contributed by atoms with Gasteiger partial charge in [0.2, 0.25) is 10.0 Å². The zero-order chi connectivity index (χ0) is 23.3. The van der Waals surface area contributed by atoms with Crippen molar-refractivity contribution in [2.75, 3.05) is 0 Å². The largest absolute Gasteiger partial charge is 0.348 e. The number of rotatable bonds is 8. The van der Waals surface area contributed by atoms with Crippen LogP contribution in [0.3, 0.4) is 0 Å². The fourth-order valence-electron chi connectivity index (χ4n) is 3.47. The summed E-state index contributed by atoms with van der Waals surface area (Å²) >= 11 is 0. The van der Waals surface area contributed by atoms with Gasteiger partial charge in [0.15, 0.2) is 0 Å². The maximum Gasteiger partial charge on any atom is 0.253 e. The molecule has 0 aliphatic heterocycles. The van der Waals surface area contributed by atoms with Crippen LogP contribution in [0.25, 0.3) is 0 Å². The van der Waals surface area contributed by atoms with Gasteiger partial charge in [-0.05, 0) is 55.7 Å². The third-order valence-electron chi connectivity index (χ3n) is 5.15. The maximum atomic E-state index is 12.5. The van der Waals surface area contributed by atoms with Gasteiger partial charge < -0.3 is 10.3 Å². The topological polar surface area (TPSA) is 108 Å². The minimum atomic E-state index is -3.52. The van der Waals surface area contributed by atoms with Gasteiger partial charge in [-0.15, -0.1) is 0 Å². The van der Waals surface area contributed by atoms with Crippen LogP contribution < -0.4 is 15.6 Å². The van der Waals surface area contributed by atoms with Gasteiger partial charge in [0.05, 0.1) is 5.75 Å². The van der Waals surface area contributed by atoms with Gasteiger partial charge in [0, 0.05) is 29.4 Å². The molecule has 0 saturated heterocycles. The van der Waals surface area contributed by atoms with Crippen LogP contribution >= 0.6 is 0 Å². The Bertz CT molecular complexity index is 1250. The number of nitrogens with one attached hydrogen (secondary N) is 3. The molecule has 3 N–H and O–H groups in total. The Balaban J connectivity index is 1.61. The molecule has 0 fully saturated rings. The number of benzene rings is 2.